The van der Waals surface area contributed by atoms with Crippen LogP contribution in [0.15, 0.2) is 28.3 Å². The zero-order valence-corrected chi connectivity index (χ0v) is 20.1. The molecule has 12 heteroatoms. The van der Waals surface area contributed by atoms with Crippen LogP contribution in [0.1, 0.15) is 33.1 Å². The summed E-state index contributed by atoms with van der Waals surface area (Å²) in [5, 5.41) is 5.86. The standard InChI is InChI=1S/C19H28N4O5S3/c1-3-5-9-23-17-7-6-15(31(20,27)28)11-16(17)21-19(23)29-12-18(24)22(4-2)14-8-10-30(25,26)13-14/h6-7,11,14H,3-5,8-10,12-13H2,1-2H3,(H2,20,27,28)/t14-/m1/s1. The Morgan fingerprint density at radius 1 is 1.35 bits per heavy atom. The van der Waals surface area contributed by atoms with E-state index in [4.69, 9.17) is 5.14 Å². The smallest absolute Gasteiger partial charge is 0.238 e. The third kappa shape index (κ3) is 5.60. The number of sulfonamides is 1. The summed E-state index contributed by atoms with van der Waals surface area (Å²) in [6.07, 6.45) is 2.35. The van der Waals surface area contributed by atoms with Crippen molar-refractivity contribution in [1.82, 2.24) is 14.5 Å². The van der Waals surface area contributed by atoms with Crippen LogP contribution in [0.25, 0.3) is 11.0 Å². The second-order valence-corrected chi connectivity index (χ2v) is 12.4. The third-order valence-corrected chi connectivity index (χ3v) is 9.01. The van der Waals surface area contributed by atoms with Crippen molar-refractivity contribution >= 4 is 48.6 Å². The van der Waals surface area contributed by atoms with Crippen molar-refractivity contribution in [1.29, 1.82) is 0 Å². The van der Waals surface area contributed by atoms with E-state index in [-0.39, 0.29) is 34.1 Å². The molecule has 0 unspecified atom stereocenters. The Kier molecular flexibility index (Phi) is 7.34. The first-order valence-corrected chi connectivity index (χ1v) is 14.6. The number of hydrogen-bond donors (Lipinski definition) is 1. The molecule has 1 aromatic heterocycles. The second-order valence-electron chi connectivity index (χ2n) is 7.62. The number of aryl methyl sites for hydroxylation is 1. The molecule has 1 saturated heterocycles. The number of nitrogens with zero attached hydrogens (tertiary/aromatic N) is 3. The lowest BCUT2D eigenvalue weighted by Gasteiger charge is -2.26. The fourth-order valence-electron chi connectivity index (χ4n) is 3.78. The molecule has 9 nitrogen and oxygen atoms in total. The van der Waals surface area contributed by atoms with Gasteiger partial charge in [0.25, 0.3) is 0 Å². The summed E-state index contributed by atoms with van der Waals surface area (Å²) in [6, 6.07) is 4.31. The zero-order valence-electron chi connectivity index (χ0n) is 17.7. The lowest BCUT2D eigenvalue weighted by molar-refractivity contribution is -0.129. The first-order chi connectivity index (χ1) is 14.6. The van der Waals surface area contributed by atoms with E-state index >= 15 is 0 Å². The lowest BCUT2D eigenvalue weighted by atomic mass is 10.2. The molecule has 0 saturated carbocycles. The van der Waals surface area contributed by atoms with Crippen molar-refractivity contribution in [2.45, 2.75) is 55.7 Å². The quantitative estimate of drug-likeness (QED) is 0.530. The molecule has 0 spiro atoms. The van der Waals surface area contributed by atoms with E-state index in [0.29, 0.717) is 30.2 Å². The second kappa shape index (κ2) is 9.47. The van der Waals surface area contributed by atoms with Crippen LogP contribution in [0.2, 0.25) is 0 Å². The van der Waals surface area contributed by atoms with Crippen molar-refractivity contribution in [2.24, 2.45) is 5.14 Å². The van der Waals surface area contributed by atoms with Crippen LogP contribution in [0.4, 0.5) is 0 Å². The molecular weight excluding hydrogens is 460 g/mol. The van der Waals surface area contributed by atoms with Crippen LogP contribution in [-0.4, -0.2) is 67.0 Å². The number of carbonyl (C=O) groups is 1. The van der Waals surface area contributed by atoms with E-state index in [1.54, 1.807) is 11.0 Å². The molecule has 0 aliphatic carbocycles. The number of thioether (sulfide) groups is 1. The number of nitrogens with two attached hydrogens (primary N) is 1. The summed E-state index contributed by atoms with van der Waals surface area (Å²) in [5.74, 6) is 0.132. The van der Waals surface area contributed by atoms with E-state index in [9.17, 15) is 21.6 Å². The van der Waals surface area contributed by atoms with Gasteiger partial charge in [0, 0.05) is 19.1 Å². The number of aromatic nitrogens is 2. The highest BCUT2D eigenvalue weighted by Crippen LogP contribution is 2.27. The fraction of sp³-hybridized carbons (Fsp3) is 0.579. The molecule has 1 atom stereocenters. The number of benzene rings is 1. The van der Waals surface area contributed by atoms with Crippen LogP contribution in [0.5, 0.6) is 0 Å². The number of hydrogen-bond acceptors (Lipinski definition) is 7. The van der Waals surface area contributed by atoms with E-state index in [0.717, 1.165) is 18.4 Å². The Balaban J connectivity index is 1.83. The Labute approximate surface area is 187 Å². The first kappa shape index (κ1) is 24.0. The van der Waals surface area contributed by atoms with Crippen molar-refractivity contribution in [2.75, 3.05) is 23.8 Å². The Hall–Kier alpha value is -1.63. The number of amides is 1. The van der Waals surface area contributed by atoms with Gasteiger partial charge in [-0.05, 0) is 38.0 Å². The van der Waals surface area contributed by atoms with Crippen LogP contribution in [0, 0.1) is 0 Å². The van der Waals surface area contributed by atoms with Gasteiger partial charge in [-0.25, -0.2) is 27.0 Å². The predicted octanol–water partition coefficient (Wildman–Crippen LogP) is 1.61. The summed E-state index contributed by atoms with van der Waals surface area (Å²) in [6.45, 7) is 5.06. The first-order valence-electron chi connectivity index (χ1n) is 10.2. The van der Waals surface area contributed by atoms with Gasteiger partial charge in [-0.3, -0.25) is 4.79 Å². The van der Waals surface area contributed by atoms with Gasteiger partial charge in [-0.2, -0.15) is 0 Å². The number of primary sulfonamides is 1. The number of sulfone groups is 1. The molecular formula is C19H28N4O5S3. The molecule has 2 heterocycles. The average Bonchev–Trinajstić information content (AvgIpc) is 3.23. The number of unbranched alkanes of at least 4 members (excludes halogenated alkanes) is 1. The van der Waals surface area contributed by atoms with E-state index in [1.165, 1.54) is 23.9 Å². The van der Waals surface area contributed by atoms with Crippen molar-refractivity contribution in [3.63, 3.8) is 0 Å². The monoisotopic (exact) mass is 488 g/mol. The normalized spacial score (nSPS) is 18.5. The molecule has 1 fully saturated rings. The third-order valence-electron chi connectivity index (χ3n) is 5.38. The van der Waals surface area contributed by atoms with E-state index in [2.05, 4.69) is 11.9 Å². The number of carbonyl (C=O) groups excluding carboxylic acids is 1. The number of imidazole rings is 1. The van der Waals surface area contributed by atoms with Gasteiger partial charge in [0.05, 0.1) is 33.2 Å². The van der Waals surface area contributed by atoms with Gasteiger partial charge < -0.3 is 9.47 Å². The minimum Gasteiger partial charge on any atom is -0.338 e. The molecule has 1 aliphatic heterocycles. The van der Waals surface area contributed by atoms with Crippen LogP contribution in [-0.2, 0) is 31.2 Å². The van der Waals surface area contributed by atoms with Crippen molar-refractivity contribution < 1.29 is 21.6 Å². The highest BCUT2D eigenvalue weighted by molar-refractivity contribution is 7.99. The summed E-state index contributed by atoms with van der Waals surface area (Å²) in [4.78, 5) is 19.0. The zero-order chi connectivity index (χ0) is 22.8. The van der Waals surface area contributed by atoms with Gasteiger partial charge in [-0.15, -0.1) is 0 Å². The van der Waals surface area contributed by atoms with Crippen molar-refractivity contribution in [3.05, 3.63) is 18.2 Å². The largest absolute Gasteiger partial charge is 0.338 e. The molecule has 172 valence electrons. The number of rotatable bonds is 9. The molecule has 2 N–H and O–H groups in total. The molecule has 31 heavy (non-hydrogen) atoms. The van der Waals surface area contributed by atoms with Gasteiger partial charge in [0.1, 0.15) is 0 Å². The van der Waals surface area contributed by atoms with Gasteiger partial charge in [0.15, 0.2) is 15.0 Å². The van der Waals surface area contributed by atoms with Gasteiger partial charge >= 0.3 is 0 Å². The molecule has 1 aliphatic rings. The van der Waals surface area contributed by atoms with Crippen LogP contribution in [0.3, 0.4) is 0 Å². The number of fused-ring (bicyclic) bond motifs is 1. The minimum atomic E-state index is -3.84. The summed E-state index contributed by atoms with van der Waals surface area (Å²) in [5.41, 5.74) is 1.29. The maximum absolute atomic E-state index is 12.8. The van der Waals surface area contributed by atoms with Gasteiger partial charge in [0.2, 0.25) is 15.9 Å². The molecule has 3 rings (SSSR count). The van der Waals surface area contributed by atoms with Crippen LogP contribution < -0.4 is 5.14 Å². The Morgan fingerprint density at radius 2 is 2.10 bits per heavy atom. The Morgan fingerprint density at radius 3 is 2.68 bits per heavy atom. The topological polar surface area (TPSA) is 132 Å². The van der Waals surface area contributed by atoms with Gasteiger partial charge in [-0.1, -0.05) is 25.1 Å². The van der Waals surface area contributed by atoms with E-state index in [1.807, 2.05) is 11.5 Å². The van der Waals surface area contributed by atoms with Crippen LogP contribution >= 0.6 is 11.8 Å². The highest BCUT2D eigenvalue weighted by Gasteiger charge is 2.34. The molecule has 1 amide bonds. The lowest BCUT2D eigenvalue weighted by Crippen LogP contribution is -2.42. The fourth-order valence-corrected chi connectivity index (χ4v) is 6.97. The molecule has 0 radical (unpaired) electrons. The summed E-state index contributed by atoms with van der Waals surface area (Å²) < 4.78 is 48.9. The highest BCUT2D eigenvalue weighted by atomic mass is 32.2. The Bertz CT molecular complexity index is 1170. The maximum atomic E-state index is 12.8. The average molecular weight is 489 g/mol. The predicted molar refractivity (Wildman–Crippen MR) is 121 cm³/mol. The van der Waals surface area contributed by atoms with Crippen molar-refractivity contribution in [3.8, 4) is 0 Å². The summed E-state index contributed by atoms with van der Waals surface area (Å²) in [7, 11) is -6.92. The SMILES string of the molecule is CCCCn1c(SCC(=O)N(CC)[C@@H]2CCS(=O)(=O)C2)nc2cc(S(N)(=O)=O)ccc21. The minimum absolute atomic E-state index is 0.00707. The molecule has 1 aromatic carbocycles. The van der Waals surface area contributed by atoms with E-state index < -0.39 is 19.9 Å². The molecule has 2 aromatic rings. The maximum Gasteiger partial charge on any atom is 0.238 e. The molecule has 0 bridgehead atoms. The summed E-state index contributed by atoms with van der Waals surface area (Å²) >= 11 is 1.28.